The third-order valence-corrected chi connectivity index (χ3v) is 5.57. The number of carbonyl (C=O) groups is 1. The van der Waals surface area contributed by atoms with Gasteiger partial charge in [-0.2, -0.15) is 0 Å². The van der Waals surface area contributed by atoms with Gasteiger partial charge in [0, 0.05) is 23.2 Å². The van der Waals surface area contributed by atoms with E-state index in [-0.39, 0.29) is 17.9 Å². The first kappa shape index (κ1) is 17.9. The van der Waals surface area contributed by atoms with E-state index in [0.717, 1.165) is 30.6 Å². The zero-order chi connectivity index (χ0) is 17.6. The molecule has 0 radical (unpaired) electrons. The molecule has 1 aliphatic rings. The smallest absolute Gasteiger partial charge is 0.322 e. The molecular weight excluding hydrogens is 339 g/mol. The lowest BCUT2D eigenvalue weighted by Crippen LogP contribution is -2.43. The molecule has 2 atom stereocenters. The Labute approximate surface area is 151 Å². The number of aliphatic hydroxyl groups is 1. The van der Waals surface area contributed by atoms with Crippen molar-refractivity contribution >= 4 is 23.1 Å². The van der Waals surface area contributed by atoms with Crippen molar-refractivity contribution in [3.05, 3.63) is 52.5 Å². The largest absolute Gasteiger partial charge is 0.387 e. The number of anilines is 1. The van der Waals surface area contributed by atoms with Gasteiger partial charge in [-0.3, -0.25) is 0 Å². The molecule has 0 bridgehead atoms. The molecule has 1 aromatic carbocycles. The standard InChI is InChI=1S/C19H23FN2O2S/c20-14-7-9-15(10-8-14)21-19(24)22-11-3-1-2-5-16(22)13-17(23)18-6-4-12-25-18/h4,6-10,12,16-17,23H,1-3,5,11,13H2,(H,21,24)/t16-,17+/m1/s1. The minimum atomic E-state index is -0.552. The minimum Gasteiger partial charge on any atom is -0.387 e. The van der Waals surface area contributed by atoms with Gasteiger partial charge in [0.25, 0.3) is 0 Å². The van der Waals surface area contributed by atoms with E-state index in [1.807, 2.05) is 22.4 Å². The Morgan fingerprint density at radius 2 is 2.08 bits per heavy atom. The number of hydrogen-bond acceptors (Lipinski definition) is 3. The van der Waals surface area contributed by atoms with Gasteiger partial charge in [-0.15, -0.1) is 11.3 Å². The van der Waals surface area contributed by atoms with Crippen LogP contribution in [0.2, 0.25) is 0 Å². The van der Waals surface area contributed by atoms with E-state index in [4.69, 9.17) is 0 Å². The number of likely N-dealkylation sites (tertiary alicyclic amines) is 1. The van der Waals surface area contributed by atoms with Crippen LogP contribution in [-0.4, -0.2) is 28.6 Å². The molecule has 2 heterocycles. The highest BCUT2D eigenvalue weighted by Crippen LogP contribution is 2.29. The van der Waals surface area contributed by atoms with Gasteiger partial charge < -0.3 is 15.3 Å². The normalized spacial score (nSPS) is 19.3. The van der Waals surface area contributed by atoms with Crippen LogP contribution in [0.4, 0.5) is 14.9 Å². The van der Waals surface area contributed by atoms with E-state index in [2.05, 4.69) is 5.32 Å². The van der Waals surface area contributed by atoms with Gasteiger partial charge in [-0.25, -0.2) is 9.18 Å². The summed E-state index contributed by atoms with van der Waals surface area (Å²) in [6, 6.07) is 9.44. The molecule has 0 aliphatic carbocycles. The Kier molecular flexibility index (Phi) is 6.04. The molecule has 3 rings (SSSR count). The van der Waals surface area contributed by atoms with Crippen LogP contribution < -0.4 is 5.32 Å². The van der Waals surface area contributed by atoms with Gasteiger partial charge in [0.15, 0.2) is 0 Å². The average Bonchev–Trinajstić information content (AvgIpc) is 3.04. The summed E-state index contributed by atoms with van der Waals surface area (Å²) in [5.41, 5.74) is 0.577. The number of aliphatic hydroxyl groups excluding tert-OH is 1. The van der Waals surface area contributed by atoms with E-state index < -0.39 is 6.10 Å². The molecule has 2 N–H and O–H groups in total. The first-order valence-corrected chi connectivity index (χ1v) is 9.56. The van der Waals surface area contributed by atoms with Crippen LogP contribution in [0.25, 0.3) is 0 Å². The molecule has 6 heteroatoms. The molecule has 0 spiro atoms. The summed E-state index contributed by atoms with van der Waals surface area (Å²) in [5.74, 6) is -0.329. The highest BCUT2D eigenvalue weighted by molar-refractivity contribution is 7.10. The summed E-state index contributed by atoms with van der Waals surface area (Å²) in [7, 11) is 0. The Hall–Kier alpha value is -1.92. The average molecular weight is 362 g/mol. The molecule has 0 unspecified atom stereocenters. The summed E-state index contributed by atoms with van der Waals surface area (Å²) in [4.78, 5) is 15.5. The van der Waals surface area contributed by atoms with Crippen LogP contribution in [0.15, 0.2) is 41.8 Å². The maximum Gasteiger partial charge on any atom is 0.322 e. The summed E-state index contributed by atoms with van der Waals surface area (Å²) >= 11 is 1.53. The zero-order valence-corrected chi connectivity index (χ0v) is 14.8. The highest BCUT2D eigenvalue weighted by Gasteiger charge is 2.28. The lowest BCUT2D eigenvalue weighted by molar-refractivity contribution is 0.118. The fraction of sp³-hybridized carbons (Fsp3) is 0.421. The van der Waals surface area contributed by atoms with Gasteiger partial charge in [-0.05, 0) is 55.0 Å². The minimum absolute atomic E-state index is 0.0000448. The summed E-state index contributed by atoms with van der Waals surface area (Å²) in [6.07, 6.45) is 3.98. The topological polar surface area (TPSA) is 52.6 Å². The Balaban J connectivity index is 1.68. The number of urea groups is 1. The second-order valence-corrected chi connectivity index (χ2v) is 7.38. The monoisotopic (exact) mass is 362 g/mol. The van der Waals surface area contributed by atoms with Crippen LogP contribution in [0.1, 0.15) is 43.1 Å². The van der Waals surface area contributed by atoms with Crippen molar-refractivity contribution in [2.45, 2.75) is 44.2 Å². The number of nitrogens with zero attached hydrogens (tertiary/aromatic N) is 1. The number of amides is 2. The number of nitrogens with one attached hydrogen (secondary N) is 1. The number of hydrogen-bond donors (Lipinski definition) is 2. The number of carbonyl (C=O) groups excluding carboxylic acids is 1. The summed E-state index contributed by atoms with van der Waals surface area (Å²) < 4.78 is 13.0. The SMILES string of the molecule is O=C(Nc1ccc(F)cc1)N1CCCCC[C@@H]1C[C@H](O)c1cccs1. The van der Waals surface area contributed by atoms with Crippen molar-refractivity contribution in [2.24, 2.45) is 0 Å². The molecule has 2 aromatic rings. The fourth-order valence-electron chi connectivity index (χ4n) is 3.27. The third-order valence-electron chi connectivity index (χ3n) is 4.60. The number of thiophene rings is 1. The maximum absolute atomic E-state index is 13.0. The van der Waals surface area contributed by atoms with Crippen molar-refractivity contribution in [1.82, 2.24) is 4.90 Å². The van der Waals surface area contributed by atoms with E-state index in [1.165, 1.54) is 23.5 Å². The first-order chi connectivity index (χ1) is 12.1. The Bertz CT molecular complexity index is 675. The summed E-state index contributed by atoms with van der Waals surface area (Å²) in [5, 5.41) is 15.3. The van der Waals surface area contributed by atoms with Crippen LogP contribution in [-0.2, 0) is 0 Å². The molecular formula is C19H23FN2O2S. The second kappa shape index (κ2) is 8.45. The zero-order valence-electron chi connectivity index (χ0n) is 14.0. The lowest BCUT2D eigenvalue weighted by atomic mass is 10.0. The Morgan fingerprint density at radius 3 is 2.80 bits per heavy atom. The quantitative estimate of drug-likeness (QED) is 0.822. The number of benzene rings is 1. The number of halogens is 1. The van der Waals surface area contributed by atoms with Gasteiger partial charge in [-0.1, -0.05) is 18.9 Å². The van der Waals surface area contributed by atoms with Crippen LogP contribution in [0.3, 0.4) is 0 Å². The summed E-state index contributed by atoms with van der Waals surface area (Å²) in [6.45, 7) is 0.675. The molecule has 4 nitrogen and oxygen atoms in total. The lowest BCUT2D eigenvalue weighted by Gasteiger charge is -2.31. The van der Waals surface area contributed by atoms with Crippen LogP contribution in [0, 0.1) is 5.82 Å². The van der Waals surface area contributed by atoms with Crippen molar-refractivity contribution in [3.63, 3.8) is 0 Å². The molecule has 2 amide bonds. The molecule has 134 valence electrons. The second-order valence-electron chi connectivity index (χ2n) is 6.40. The predicted octanol–water partition coefficient (Wildman–Crippen LogP) is 4.79. The first-order valence-electron chi connectivity index (χ1n) is 8.68. The van der Waals surface area contributed by atoms with Crippen molar-refractivity contribution in [3.8, 4) is 0 Å². The van der Waals surface area contributed by atoms with Gasteiger partial charge in [0.05, 0.1) is 6.10 Å². The van der Waals surface area contributed by atoms with E-state index in [1.54, 1.807) is 12.1 Å². The van der Waals surface area contributed by atoms with E-state index in [9.17, 15) is 14.3 Å². The van der Waals surface area contributed by atoms with E-state index >= 15 is 0 Å². The van der Waals surface area contributed by atoms with Crippen molar-refractivity contribution in [2.75, 3.05) is 11.9 Å². The third kappa shape index (κ3) is 4.80. The van der Waals surface area contributed by atoms with Gasteiger partial charge >= 0.3 is 6.03 Å². The van der Waals surface area contributed by atoms with Gasteiger partial charge in [0.1, 0.15) is 5.82 Å². The molecule has 1 aliphatic heterocycles. The predicted molar refractivity (Wildman–Crippen MR) is 98.3 cm³/mol. The number of rotatable bonds is 4. The van der Waals surface area contributed by atoms with E-state index in [0.29, 0.717) is 18.7 Å². The maximum atomic E-state index is 13.0. The van der Waals surface area contributed by atoms with Crippen LogP contribution in [0.5, 0.6) is 0 Å². The van der Waals surface area contributed by atoms with Crippen LogP contribution >= 0.6 is 11.3 Å². The fourth-order valence-corrected chi connectivity index (χ4v) is 4.00. The van der Waals surface area contributed by atoms with Gasteiger partial charge in [0.2, 0.25) is 0 Å². The van der Waals surface area contributed by atoms with Crippen molar-refractivity contribution < 1.29 is 14.3 Å². The molecule has 0 saturated carbocycles. The molecule has 1 aromatic heterocycles. The molecule has 1 saturated heterocycles. The molecule has 25 heavy (non-hydrogen) atoms. The highest BCUT2D eigenvalue weighted by atomic mass is 32.1. The van der Waals surface area contributed by atoms with Crippen molar-refractivity contribution in [1.29, 1.82) is 0 Å². The Morgan fingerprint density at radius 1 is 1.28 bits per heavy atom. The molecule has 1 fully saturated rings.